The second-order valence-corrected chi connectivity index (χ2v) is 10.0. The summed E-state index contributed by atoms with van der Waals surface area (Å²) in [6, 6.07) is 6.42. The molecule has 152 valence electrons. The molecule has 1 aromatic carbocycles. The van der Waals surface area contributed by atoms with Gasteiger partial charge >= 0.3 is 6.09 Å². The van der Waals surface area contributed by atoms with Crippen LogP contribution in [-0.4, -0.2) is 36.1 Å². The predicted octanol–water partition coefficient (Wildman–Crippen LogP) is 4.69. The standard InChI is InChI=1S/C23H32N2O3/c1-15-6-8-19(25(14-15)21(27)28-22(2,3)4)16-7-9-18-17(12-16)13-23(10-11-23)20(26)24(18)5/h7,9,12,15,19H,6,8,10-11,13-14H2,1-5H3/t15-,19?/m0/s1. The highest BCUT2D eigenvalue weighted by molar-refractivity contribution is 6.02. The minimum Gasteiger partial charge on any atom is -0.444 e. The first-order valence-corrected chi connectivity index (χ1v) is 10.5. The Morgan fingerprint density at radius 3 is 2.57 bits per heavy atom. The molecule has 28 heavy (non-hydrogen) atoms. The van der Waals surface area contributed by atoms with Crippen molar-refractivity contribution in [3.63, 3.8) is 0 Å². The number of fused-ring (bicyclic) bond motifs is 1. The van der Waals surface area contributed by atoms with E-state index in [0.717, 1.165) is 49.9 Å². The van der Waals surface area contributed by atoms with Gasteiger partial charge in [0.15, 0.2) is 0 Å². The second-order valence-electron chi connectivity index (χ2n) is 10.0. The number of amides is 2. The van der Waals surface area contributed by atoms with Crippen LogP contribution in [0.3, 0.4) is 0 Å². The first-order chi connectivity index (χ1) is 13.1. The SMILES string of the molecule is C[C@H]1CCC(c2ccc3c(c2)CC2(CC2)C(=O)N3C)N(C(=O)OC(C)(C)C)C1. The van der Waals surface area contributed by atoms with Gasteiger partial charge in [0.2, 0.25) is 5.91 Å². The molecule has 1 saturated heterocycles. The van der Waals surface area contributed by atoms with E-state index in [0.29, 0.717) is 5.92 Å². The summed E-state index contributed by atoms with van der Waals surface area (Å²) in [6.07, 6.45) is 4.63. The highest BCUT2D eigenvalue weighted by Gasteiger charge is 2.54. The molecule has 5 nitrogen and oxygen atoms in total. The lowest BCUT2D eigenvalue weighted by molar-refractivity contribution is -0.123. The van der Waals surface area contributed by atoms with Gasteiger partial charge in [0.05, 0.1) is 11.5 Å². The smallest absolute Gasteiger partial charge is 0.410 e. The average molecular weight is 385 g/mol. The fourth-order valence-electron chi connectivity index (χ4n) is 4.75. The number of likely N-dealkylation sites (tertiary alicyclic amines) is 1. The lowest BCUT2D eigenvalue weighted by Crippen LogP contribution is -2.44. The molecule has 2 fully saturated rings. The Morgan fingerprint density at radius 2 is 1.93 bits per heavy atom. The first-order valence-electron chi connectivity index (χ1n) is 10.5. The third kappa shape index (κ3) is 3.40. The molecule has 0 N–H and O–H groups in total. The van der Waals surface area contributed by atoms with Crippen LogP contribution in [-0.2, 0) is 16.0 Å². The molecule has 1 spiro atoms. The molecule has 4 rings (SSSR count). The van der Waals surface area contributed by atoms with Gasteiger partial charge in [0.25, 0.3) is 0 Å². The largest absolute Gasteiger partial charge is 0.444 e. The second kappa shape index (κ2) is 6.50. The van der Waals surface area contributed by atoms with Crippen molar-refractivity contribution in [1.82, 2.24) is 4.90 Å². The van der Waals surface area contributed by atoms with Gasteiger partial charge in [-0.1, -0.05) is 19.1 Å². The maximum atomic E-state index is 12.9. The number of carbonyl (C=O) groups excluding carboxylic acids is 2. The van der Waals surface area contributed by atoms with Crippen molar-refractivity contribution in [2.75, 3.05) is 18.5 Å². The van der Waals surface area contributed by atoms with E-state index in [2.05, 4.69) is 25.1 Å². The van der Waals surface area contributed by atoms with Gasteiger partial charge in [-0.15, -0.1) is 0 Å². The Morgan fingerprint density at radius 1 is 1.21 bits per heavy atom. The van der Waals surface area contributed by atoms with E-state index >= 15 is 0 Å². The molecule has 1 aliphatic carbocycles. The normalized spacial score (nSPS) is 26.2. The van der Waals surface area contributed by atoms with Crippen LogP contribution in [0, 0.1) is 11.3 Å². The van der Waals surface area contributed by atoms with E-state index in [-0.39, 0.29) is 23.5 Å². The molecule has 5 heteroatoms. The van der Waals surface area contributed by atoms with Crippen molar-refractivity contribution in [2.45, 2.75) is 71.4 Å². The van der Waals surface area contributed by atoms with Crippen molar-refractivity contribution in [2.24, 2.45) is 11.3 Å². The van der Waals surface area contributed by atoms with Crippen LogP contribution in [0.5, 0.6) is 0 Å². The Bertz CT molecular complexity index is 807. The Labute approximate surface area is 168 Å². The van der Waals surface area contributed by atoms with E-state index < -0.39 is 5.60 Å². The van der Waals surface area contributed by atoms with Gasteiger partial charge in [0.1, 0.15) is 5.60 Å². The highest BCUT2D eigenvalue weighted by Crippen LogP contribution is 2.54. The highest BCUT2D eigenvalue weighted by atomic mass is 16.6. The molecule has 2 heterocycles. The van der Waals surface area contributed by atoms with Crippen molar-refractivity contribution in [3.8, 4) is 0 Å². The van der Waals surface area contributed by atoms with Crippen LogP contribution in [0.2, 0.25) is 0 Å². The molecular formula is C23H32N2O3. The van der Waals surface area contributed by atoms with E-state index in [1.165, 1.54) is 5.56 Å². The summed E-state index contributed by atoms with van der Waals surface area (Å²) in [5.41, 5.74) is 2.75. The summed E-state index contributed by atoms with van der Waals surface area (Å²) < 4.78 is 5.70. The maximum absolute atomic E-state index is 12.9. The third-order valence-corrected chi connectivity index (χ3v) is 6.44. The van der Waals surface area contributed by atoms with Crippen LogP contribution in [0.25, 0.3) is 0 Å². The van der Waals surface area contributed by atoms with E-state index in [9.17, 15) is 9.59 Å². The fourth-order valence-corrected chi connectivity index (χ4v) is 4.75. The number of rotatable bonds is 1. The Hall–Kier alpha value is -2.04. The van der Waals surface area contributed by atoms with Crippen molar-refractivity contribution in [1.29, 1.82) is 0 Å². The molecule has 2 atom stereocenters. The topological polar surface area (TPSA) is 49.9 Å². The van der Waals surface area contributed by atoms with Crippen LogP contribution < -0.4 is 4.90 Å². The zero-order valence-electron chi connectivity index (χ0n) is 17.7. The van der Waals surface area contributed by atoms with Crippen molar-refractivity contribution < 1.29 is 14.3 Å². The van der Waals surface area contributed by atoms with Gasteiger partial charge in [-0.25, -0.2) is 4.79 Å². The van der Waals surface area contributed by atoms with Crippen LogP contribution >= 0.6 is 0 Å². The number of hydrogen-bond acceptors (Lipinski definition) is 3. The molecule has 1 saturated carbocycles. The molecule has 0 radical (unpaired) electrons. The number of carbonyl (C=O) groups is 2. The maximum Gasteiger partial charge on any atom is 0.410 e. The molecule has 2 aliphatic heterocycles. The van der Waals surface area contributed by atoms with Crippen molar-refractivity contribution >= 4 is 17.7 Å². The van der Waals surface area contributed by atoms with Gasteiger partial charge in [-0.3, -0.25) is 4.79 Å². The number of nitrogens with zero attached hydrogens (tertiary/aromatic N) is 2. The summed E-state index contributed by atoms with van der Waals surface area (Å²) in [5.74, 6) is 0.731. The summed E-state index contributed by atoms with van der Waals surface area (Å²) in [5, 5.41) is 0. The van der Waals surface area contributed by atoms with Crippen LogP contribution in [0.15, 0.2) is 18.2 Å². The number of piperidine rings is 1. The molecule has 3 aliphatic rings. The van der Waals surface area contributed by atoms with Gasteiger partial charge in [-0.2, -0.15) is 0 Å². The van der Waals surface area contributed by atoms with E-state index in [1.807, 2.05) is 37.6 Å². The summed E-state index contributed by atoms with van der Waals surface area (Å²) in [7, 11) is 1.88. The fraction of sp³-hybridized carbons (Fsp3) is 0.652. The van der Waals surface area contributed by atoms with Gasteiger partial charge in [-0.05, 0) is 76.0 Å². The zero-order chi connectivity index (χ0) is 20.3. The van der Waals surface area contributed by atoms with Crippen LogP contribution in [0.4, 0.5) is 10.5 Å². The van der Waals surface area contributed by atoms with Gasteiger partial charge in [0, 0.05) is 19.3 Å². The monoisotopic (exact) mass is 384 g/mol. The lowest BCUT2D eigenvalue weighted by atomic mass is 9.85. The number of benzene rings is 1. The average Bonchev–Trinajstić information content (AvgIpc) is 3.38. The summed E-state index contributed by atoms with van der Waals surface area (Å²) in [6.45, 7) is 8.65. The quantitative estimate of drug-likeness (QED) is 0.705. The minimum atomic E-state index is -0.500. The lowest BCUT2D eigenvalue weighted by Gasteiger charge is -2.40. The summed E-state index contributed by atoms with van der Waals surface area (Å²) in [4.78, 5) is 29.2. The Balaban J connectivity index is 1.63. The molecule has 1 unspecified atom stereocenters. The Kier molecular flexibility index (Phi) is 4.48. The van der Waals surface area contributed by atoms with Gasteiger partial charge < -0.3 is 14.5 Å². The first kappa shape index (κ1) is 19.3. The van der Waals surface area contributed by atoms with Crippen LogP contribution in [0.1, 0.15) is 70.5 Å². The number of ether oxygens (including phenoxy) is 1. The van der Waals surface area contributed by atoms with Crippen molar-refractivity contribution in [3.05, 3.63) is 29.3 Å². The molecular weight excluding hydrogens is 352 g/mol. The molecule has 1 aromatic rings. The number of anilines is 1. The molecule has 0 aromatic heterocycles. The number of hydrogen-bond donors (Lipinski definition) is 0. The summed E-state index contributed by atoms with van der Waals surface area (Å²) >= 11 is 0. The predicted molar refractivity (Wildman–Crippen MR) is 109 cm³/mol. The van der Waals surface area contributed by atoms with E-state index in [4.69, 9.17) is 4.74 Å². The van der Waals surface area contributed by atoms with E-state index in [1.54, 1.807) is 0 Å². The zero-order valence-corrected chi connectivity index (χ0v) is 17.7. The molecule has 0 bridgehead atoms. The minimum absolute atomic E-state index is 0.0365. The molecule has 2 amide bonds. The third-order valence-electron chi connectivity index (χ3n) is 6.44.